The minimum atomic E-state index is -5.30. The van der Waals surface area contributed by atoms with Gasteiger partial charge < -0.3 is 76.7 Å². The highest BCUT2D eigenvalue weighted by molar-refractivity contribution is 7.91. The first-order valence-corrected chi connectivity index (χ1v) is 40.6. The molecule has 55 nitrogen and oxygen atoms in total. The van der Waals surface area contributed by atoms with Crippen LogP contribution in [-0.2, 0) is 200 Å². The molecule has 674 valence electrons. The molecular formula is C49H87O55S10-. The normalized spacial score (nSPS) is 36.7. The van der Waals surface area contributed by atoms with Gasteiger partial charge in [0.1, 0.15) is 115 Å². The minimum Gasteiger partial charge on any atom is -0.748 e. The van der Waals surface area contributed by atoms with E-state index in [0.29, 0.717) is 0 Å². The molecule has 6 fully saturated rings. The Hall–Kier alpha value is 0.820. The molecule has 0 saturated carbocycles. The first-order chi connectivity index (χ1) is 54.9. The van der Waals surface area contributed by atoms with Crippen LogP contribution >= 0.6 is 98.6 Å². The zero-order valence-corrected chi connectivity index (χ0v) is 68.0. The zero-order valence-electron chi connectivity index (χ0n) is 59.8. The second kappa shape index (κ2) is 57.4. The lowest BCUT2D eigenvalue weighted by molar-refractivity contribution is -0.436. The lowest BCUT2D eigenvalue weighted by atomic mass is 9.79. The van der Waals surface area contributed by atoms with Crippen LogP contribution in [0.1, 0.15) is 48.5 Å². The van der Waals surface area contributed by atoms with Crippen LogP contribution in [0.5, 0.6) is 0 Å². The fraction of sp³-hybridized carbons (Fsp3) is 1.00. The quantitative estimate of drug-likeness (QED) is 0.0104. The van der Waals surface area contributed by atoms with E-state index in [-0.39, 0.29) is 125 Å². The third kappa shape index (κ3) is 33.6. The van der Waals surface area contributed by atoms with Crippen molar-refractivity contribution in [3.63, 3.8) is 0 Å². The van der Waals surface area contributed by atoms with E-state index in [2.05, 4.69) is 79.2 Å². The van der Waals surface area contributed by atoms with Crippen molar-refractivity contribution in [1.29, 1.82) is 0 Å². The van der Waals surface area contributed by atoms with Crippen LogP contribution in [0.25, 0.3) is 0 Å². The van der Waals surface area contributed by atoms with E-state index < -0.39 is 257 Å². The van der Waals surface area contributed by atoms with Crippen molar-refractivity contribution >= 4 is 120 Å². The highest BCUT2D eigenvalue weighted by Gasteiger charge is 2.55. The summed E-state index contributed by atoms with van der Waals surface area (Å²) in [6.45, 7) is 6.38. The molecule has 12 N–H and O–H groups in total. The van der Waals surface area contributed by atoms with Crippen molar-refractivity contribution in [2.24, 2.45) is 29.6 Å². The summed E-state index contributed by atoms with van der Waals surface area (Å²) in [5.41, 5.74) is 0. The van der Waals surface area contributed by atoms with Gasteiger partial charge in [0, 0.05) is 36.2 Å². The molecule has 31 atom stereocenters. The average molecular weight is 1880 g/mol. The summed E-state index contributed by atoms with van der Waals surface area (Å²) >= 11 is -2.39. The summed E-state index contributed by atoms with van der Waals surface area (Å²) in [5, 5.41) is 135. The van der Waals surface area contributed by atoms with Gasteiger partial charge >= 0.3 is 10.4 Å². The molecule has 0 aliphatic carbocycles. The third-order valence-electron chi connectivity index (χ3n) is 17.9. The summed E-state index contributed by atoms with van der Waals surface area (Å²) in [4.78, 5) is 5.57. The van der Waals surface area contributed by atoms with Gasteiger partial charge in [-0.1, -0.05) is 40.3 Å². The Kier molecular flexibility index (Phi) is 52.2. The molecule has 6 aliphatic heterocycles. The van der Waals surface area contributed by atoms with Crippen molar-refractivity contribution < 1.29 is 258 Å². The van der Waals surface area contributed by atoms with E-state index in [0.717, 1.165) is 0 Å². The predicted molar refractivity (Wildman–Crippen MR) is 361 cm³/mol. The molecule has 0 aromatic rings. The molecular weight excluding hydrogens is 1790 g/mol. The van der Waals surface area contributed by atoms with Gasteiger partial charge in [-0.3, -0.25) is 38.0 Å². The maximum absolute atomic E-state index is 12.2. The number of aliphatic hydroxyl groups is 3. The van der Waals surface area contributed by atoms with Gasteiger partial charge in [0.25, 0.3) is 0 Å². The van der Waals surface area contributed by atoms with Crippen molar-refractivity contribution in [3.05, 3.63) is 0 Å². The Labute approximate surface area is 684 Å². The standard InChI is InChI=1S/C49H88O55S10/c1-8-66-14-31-27(29(41(22(4)74-31)79-105-96-88-53)12-70-19-36-47(85-111-102-94-59)49(86-112-103-95-60)44(25(7)77-36)82-108-99-91-56)10-67-15-32-26(9-68-16-33-38(51)48(87-114(63,64)65)37(50)20(2)72-33)28(40(21(3)73-32)78-104-113(61)62)11-69-17-34-45(83-109-100-92-57)30(42(23(5)75-34)80-106-97-89-54)13-71-18-35-46(84-110-101-93-58)39(52)43(24(6)76-35)81-107-98-90-55/h20-60H,8-19H2,1-7H3,(H,61,62)(H,63,64,65)/p-1/t20?,21?,22?,23?,24?,25?,26?,27?,28-,29-,30+,31+,32+,33+,34+,35+,36+,37-,38?,39+,40-,41-,42-,43+,44+,45?,46?,47?,48+,49+/m1/s1. The fourth-order valence-corrected chi connectivity index (χ4v) is 17.1. The van der Waals surface area contributed by atoms with Crippen molar-refractivity contribution in [2.45, 2.75) is 201 Å². The first kappa shape index (κ1) is 104. The molecule has 114 heavy (non-hydrogen) atoms. The second-order valence-electron chi connectivity index (χ2n) is 24.4. The first-order valence-electron chi connectivity index (χ1n) is 32.9. The molecule has 65 heteroatoms. The molecule has 6 saturated heterocycles. The van der Waals surface area contributed by atoms with Crippen molar-refractivity contribution in [1.82, 2.24) is 0 Å². The van der Waals surface area contributed by atoms with E-state index in [1.54, 1.807) is 13.8 Å². The highest BCUT2D eigenvalue weighted by atomic mass is 32.3. The monoisotopic (exact) mass is 1880 g/mol. The maximum atomic E-state index is 12.2. The lowest BCUT2D eigenvalue weighted by Gasteiger charge is -2.47. The van der Waals surface area contributed by atoms with Crippen LogP contribution in [0.15, 0.2) is 0 Å². The number of aliphatic hydroxyl groups excluding tert-OH is 3. The SMILES string of the molecule is CCOC[C@@H]1OC(C)[C@@H](OSOOO)[C@H](COC[C@@H]2OC(C)[C@H](OSOOO)[C@H](OSOOO)C2OSOOO)C1COC[C@@H]1OC(C)[C@@H](OOS(=O)[O-])[C@H](COC[C@@H]2OC(C)[C@@H](OSOOO)[C@H](COC[C@@H]3OC(C)[C@H](OSOOO)[C@H](O)C3OSOOO)C2OSOOO)C1COC[C@@H]1OC(C)[C@@H](O)[C@H](OS(=O)(=O)O)C1O. The Morgan fingerprint density at radius 3 is 1.08 bits per heavy atom. The van der Waals surface area contributed by atoms with E-state index in [4.69, 9.17) is 136 Å². The van der Waals surface area contributed by atoms with Crippen LogP contribution in [0.3, 0.4) is 0 Å². The Morgan fingerprint density at radius 2 is 0.632 bits per heavy atom. The molecule has 0 radical (unpaired) electrons. The van der Waals surface area contributed by atoms with Gasteiger partial charge in [-0.25, -0.2) is 55.3 Å². The summed E-state index contributed by atoms with van der Waals surface area (Å²) < 4.78 is 224. The van der Waals surface area contributed by atoms with E-state index in [9.17, 15) is 42.3 Å². The van der Waals surface area contributed by atoms with Crippen molar-refractivity contribution in [3.8, 4) is 0 Å². The summed E-state index contributed by atoms with van der Waals surface area (Å²) in [6, 6.07) is 0. The van der Waals surface area contributed by atoms with Crippen LogP contribution < -0.4 is 0 Å². The largest absolute Gasteiger partial charge is 0.748 e. The van der Waals surface area contributed by atoms with Gasteiger partial charge in [-0.05, 0) is 48.5 Å². The molecule has 0 amide bonds. The van der Waals surface area contributed by atoms with Crippen LogP contribution in [0, 0.1) is 29.6 Å². The Morgan fingerprint density at radius 1 is 0.325 bits per heavy atom. The minimum absolute atomic E-state index is 0.0698. The molecule has 0 spiro atoms. The third-order valence-corrected chi connectivity index (χ3v) is 21.9. The summed E-state index contributed by atoms with van der Waals surface area (Å²) in [6.07, 6.45) is -32.6. The lowest BCUT2D eigenvalue weighted by Crippen LogP contribution is -2.60. The van der Waals surface area contributed by atoms with E-state index >= 15 is 0 Å². The molecule has 0 aromatic heterocycles. The highest BCUT2D eigenvalue weighted by Crippen LogP contribution is 2.43. The molecule has 0 bridgehead atoms. The summed E-state index contributed by atoms with van der Waals surface area (Å²) in [5.74, 6) is -5.12. The number of rotatable bonds is 60. The van der Waals surface area contributed by atoms with Crippen LogP contribution in [-0.4, -0.2) is 311 Å². The van der Waals surface area contributed by atoms with Crippen molar-refractivity contribution in [2.75, 3.05) is 79.3 Å². The van der Waals surface area contributed by atoms with Gasteiger partial charge in [0.05, 0.1) is 122 Å². The molecule has 6 aliphatic rings. The van der Waals surface area contributed by atoms with Gasteiger partial charge in [0.2, 0.25) is 0 Å². The fourth-order valence-electron chi connectivity index (χ4n) is 13.1. The molecule has 0 aromatic carbocycles. The van der Waals surface area contributed by atoms with Gasteiger partial charge in [-0.15, -0.1) is 39.0 Å². The van der Waals surface area contributed by atoms with Crippen LogP contribution in [0.2, 0.25) is 0 Å². The number of hydrogen-bond donors (Lipinski definition) is 12. The van der Waals surface area contributed by atoms with Crippen LogP contribution in [0.4, 0.5) is 0 Å². The topological polar surface area (TPSA) is 677 Å². The second-order valence-corrected chi connectivity index (χ2v) is 29.7. The predicted octanol–water partition coefficient (Wildman–Crippen LogP) is 2.25. The Balaban J connectivity index is 1.34. The maximum Gasteiger partial charge on any atom is 0.397 e. The smallest absolute Gasteiger partial charge is 0.397 e. The molecule has 13 unspecified atom stereocenters. The number of ether oxygens (including phenoxy) is 12. The molecule has 6 rings (SSSR count). The average Bonchev–Trinajstić information content (AvgIpc) is 0.810. The molecule has 6 heterocycles. The van der Waals surface area contributed by atoms with Gasteiger partial charge in [0.15, 0.2) is 98.6 Å². The van der Waals surface area contributed by atoms with E-state index in [1.807, 2.05) is 0 Å². The number of hydrogen-bond acceptors (Lipinski definition) is 62. The van der Waals surface area contributed by atoms with Gasteiger partial charge in [-0.2, -0.15) is 8.42 Å². The zero-order chi connectivity index (χ0) is 83.1. The van der Waals surface area contributed by atoms with E-state index in [1.165, 1.54) is 34.6 Å². The Bertz CT molecular complexity index is 2640. The summed E-state index contributed by atoms with van der Waals surface area (Å²) in [7, 11) is -5.30.